The lowest BCUT2D eigenvalue weighted by atomic mass is 9.86. The highest BCUT2D eigenvalue weighted by molar-refractivity contribution is 7.91. The molecular formula is C21H26N6O4S. The number of nitrogens with one attached hydrogen (secondary N) is 1. The van der Waals surface area contributed by atoms with E-state index in [9.17, 15) is 9.00 Å². The van der Waals surface area contributed by atoms with Crippen molar-refractivity contribution in [2.45, 2.75) is 56.4 Å². The van der Waals surface area contributed by atoms with Gasteiger partial charge >= 0.3 is 6.03 Å². The standard InChI is InChI=1S/C21H26N6O4S/c1-12-5-6-14-17(12)24-15-4-2-3-13(15)18(14)25-20(28)26-32(22,29)16-7-23-27-8-21(9-30-10-21)11-31-19(16)27/h7,12H,2-6,8-11H2,1H3,(H3,22,24,25,26,28,29). The van der Waals surface area contributed by atoms with Gasteiger partial charge in [-0.25, -0.2) is 18.8 Å². The molecule has 2 aliphatic heterocycles. The minimum atomic E-state index is -3.53. The second-order valence-electron chi connectivity index (χ2n) is 9.41. The van der Waals surface area contributed by atoms with Gasteiger partial charge in [0.15, 0.2) is 9.92 Å². The highest BCUT2D eigenvalue weighted by atomic mass is 32.2. The fourth-order valence-electron chi connectivity index (χ4n) is 5.22. The van der Waals surface area contributed by atoms with Crippen molar-refractivity contribution in [3.63, 3.8) is 0 Å². The third-order valence-electron chi connectivity index (χ3n) is 6.99. The Hall–Kier alpha value is -2.50. The summed E-state index contributed by atoms with van der Waals surface area (Å²) in [6.07, 6.45) is 6.05. The minimum Gasteiger partial charge on any atom is -0.476 e. The Morgan fingerprint density at radius 3 is 2.94 bits per heavy atom. The SMILES string of the molecule is CC1CCc2c1nc1c(c2NC(=O)N=S(N)(=O)c2cnn3c2OCC2(COC2)C3)CCC1. The number of aryl methyl sites for hydroxylation is 1. The van der Waals surface area contributed by atoms with Crippen LogP contribution < -0.4 is 15.2 Å². The number of rotatable bonds is 2. The summed E-state index contributed by atoms with van der Waals surface area (Å²) in [5, 5.41) is 13.2. The highest BCUT2D eigenvalue weighted by Crippen LogP contribution is 2.41. The lowest BCUT2D eigenvalue weighted by Crippen LogP contribution is -2.52. The molecule has 4 heterocycles. The molecule has 1 saturated heterocycles. The fraction of sp³-hybridized carbons (Fsp3) is 0.571. The maximum absolute atomic E-state index is 13.3. The van der Waals surface area contributed by atoms with Gasteiger partial charge in [0.05, 0.1) is 37.1 Å². The highest BCUT2D eigenvalue weighted by Gasteiger charge is 2.44. The van der Waals surface area contributed by atoms with Gasteiger partial charge in [0.2, 0.25) is 5.88 Å². The number of pyridine rings is 1. The predicted octanol–water partition coefficient (Wildman–Crippen LogP) is 2.16. The normalized spacial score (nSPS) is 24.0. The molecule has 3 N–H and O–H groups in total. The number of nitrogens with zero attached hydrogens (tertiary/aromatic N) is 4. The number of nitrogens with two attached hydrogens (primary N) is 1. The number of anilines is 1. The molecule has 1 fully saturated rings. The smallest absolute Gasteiger partial charge is 0.354 e. The second-order valence-corrected chi connectivity index (χ2v) is 11.2. The van der Waals surface area contributed by atoms with E-state index in [-0.39, 0.29) is 10.3 Å². The lowest BCUT2D eigenvalue weighted by molar-refractivity contribution is -0.154. The molecule has 6 rings (SSSR count). The number of hydrogen-bond acceptors (Lipinski definition) is 6. The Labute approximate surface area is 186 Å². The Morgan fingerprint density at radius 1 is 1.31 bits per heavy atom. The average molecular weight is 459 g/mol. The monoisotopic (exact) mass is 458 g/mol. The van der Waals surface area contributed by atoms with Crippen LogP contribution in [0.3, 0.4) is 0 Å². The van der Waals surface area contributed by atoms with Crippen molar-refractivity contribution in [2.24, 2.45) is 14.9 Å². The minimum absolute atomic E-state index is 0.0977. The van der Waals surface area contributed by atoms with Crippen molar-refractivity contribution in [3.8, 4) is 5.88 Å². The van der Waals surface area contributed by atoms with Gasteiger partial charge in [-0.05, 0) is 49.1 Å². The molecule has 0 aromatic carbocycles. The van der Waals surface area contributed by atoms with E-state index in [0.717, 1.165) is 60.3 Å². The van der Waals surface area contributed by atoms with Crippen molar-refractivity contribution in [1.29, 1.82) is 0 Å². The van der Waals surface area contributed by atoms with E-state index in [0.29, 0.717) is 38.2 Å². The Kier molecular flexibility index (Phi) is 4.40. The first-order valence-electron chi connectivity index (χ1n) is 11.0. The number of ether oxygens (including phenoxy) is 2. The van der Waals surface area contributed by atoms with Crippen LogP contribution in [0.4, 0.5) is 10.5 Å². The first-order chi connectivity index (χ1) is 15.4. The van der Waals surface area contributed by atoms with Gasteiger partial charge in [-0.3, -0.25) is 4.98 Å². The van der Waals surface area contributed by atoms with Crippen molar-refractivity contribution in [1.82, 2.24) is 14.8 Å². The molecular weight excluding hydrogens is 432 g/mol. The molecule has 32 heavy (non-hydrogen) atoms. The summed E-state index contributed by atoms with van der Waals surface area (Å²) < 4.78 is 29.9. The number of carbonyl (C=O) groups excluding carboxylic acids is 1. The van der Waals surface area contributed by atoms with Crippen molar-refractivity contribution in [3.05, 3.63) is 28.7 Å². The van der Waals surface area contributed by atoms with E-state index in [4.69, 9.17) is 19.6 Å². The maximum Gasteiger partial charge on any atom is 0.354 e. The third-order valence-corrected chi connectivity index (χ3v) is 8.34. The molecule has 2 atom stereocenters. The number of hydrogen-bond donors (Lipinski definition) is 2. The number of aromatic nitrogens is 3. The summed E-state index contributed by atoms with van der Waals surface area (Å²) in [4.78, 5) is 17.9. The number of urea groups is 1. The quantitative estimate of drug-likeness (QED) is 0.708. The molecule has 0 radical (unpaired) electrons. The van der Waals surface area contributed by atoms with Crippen LogP contribution in [0.5, 0.6) is 5.88 Å². The first-order valence-corrected chi connectivity index (χ1v) is 12.6. The van der Waals surface area contributed by atoms with E-state index in [1.807, 2.05) is 0 Å². The zero-order valence-corrected chi connectivity index (χ0v) is 18.7. The average Bonchev–Trinajstić information content (AvgIpc) is 3.44. The molecule has 2 aliphatic carbocycles. The van der Waals surface area contributed by atoms with Crippen LogP contribution in [-0.4, -0.2) is 44.8 Å². The van der Waals surface area contributed by atoms with Gasteiger partial charge in [0.25, 0.3) is 0 Å². The van der Waals surface area contributed by atoms with Crippen LogP contribution in [0.15, 0.2) is 15.5 Å². The topological polar surface area (TPSA) is 134 Å². The van der Waals surface area contributed by atoms with Crippen LogP contribution in [-0.2, 0) is 40.5 Å². The van der Waals surface area contributed by atoms with Crippen molar-refractivity contribution < 1.29 is 18.5 Å². The third kappa shape index (κ3) is 3.06. The molecule has 2 unspecified atom stereocenters. The number of carbonyl (C=O) groups is 1. The molecule has 0 saturated carbocycles. The van der Waals surface area contributed by atoms with Crippen molar-refractivity contribution >= 4 is 21.6 Å². The van der Waals surface area contributed by atoms with Crippen LogP contribution in [0.2, 0.25) is 0 Å². The summed E-state index contributed by atoms with van der Waals surface area (Å²) in [5.41, 5.74) is 4.95. The van der Waals surface area contributed by atoms with Crippen LogP contribution in [0, 0.1) is 5.41 Å². The Bertz CT molecular complexity index is 1260. The summed E-state index contributed by atoms with van der Waals surface area (Å²) in [5.74, 6) is 0.675. The Morgan fingerprint density at radius 2 is 2.16 bits per heavy atom. The summed E-state index contributed by atoms with van der Waals surface area (Å²) in [6, 6.07) is -0.723. The Balaban J connectivity index is 1.31. The van der Waals surface area contributed by atoms with Gasteiger partial charge in [-0.2, -0.15) is 5.10 Å². The van der Waals surface area contributed by atoms with Crippen LogP contribution in [0.1, 0.15) is 48.2 Å². The van der Waals surface area contributed by atoms with Crippen molar-refractivity contribution in [2.75, 3.05) is 25.1 Å². The summed E-state index contributed by atoms with van der Waals surface area (Å²) in [7, 11) is -3.53. The molecule has 170 valence electrons. The lowest BCUT2D eigenvalue weighted by Gasteiger charge is -2.43. The molecule has 2 aromatic rings. The maximum atomic E-state index is 13.3. The molecule has 4 aliphatic rings. The van der Waals surface area contributed by atoms with Crippen LogP contribution in [0.25, 0.3) is 0 Å². The van der Waals surface area contributed by atoms with E-state index in [2.05, 4.69) is 21.7 Å². The zero-order chi connectivity index (χ0) is 22.1. The molecule has 1 spiro atoms. The summed E-state index contributed by atoms with van der Waals surface area (Å²) in [6.45, 7) is 4.39. The second kappa shape index (κ2) is 7.00. The van der Waals surface area contributed by atoms with Gasteiger partial charge in [-0.15, -0.1) is 4.36 Å². The number of amides is 2. The van der Waals surface area contributed by atoms with Gasteiger partial charge < -0.3 is 14.8 Å². The summed E-state index contributed by atoms with van der Waals surface area (Å²) >= 11 is 0. The first kappa shape index (κ1) is 20.1. The van der Waals surface area contributed by atoms with E-state index in [1.165, 1.54) is 6.20 Å². The molecule has 2 aromatic heterocycles. The van der Waals surface area contributed by atoms with Gasteiger partial charge in [0, 0.05) is 11.4 Å². The predicted molar refractivity (Wildman–Crippen MR) is 116 cm³/mol. The number of fused-ring (bicyclic) bond motifs is 3. The van der Waals surface area contributed by atoms with E-state index >= 15 is 0 Å². The van der Waals surface area contributed by atoms with E-state index in [1.54, 1.807) is 4.68 Å². The molecule has 11 heteroatoms. The molecule has 0 bridgehead atoms. The largest absolute Gasteiger partial charge is 0.476 e. The molecule has 10 nitrogen and oxygen atoms in total. The van der Waals surface area contributed by atoms with Gasteiger partial charge in [0.1, 0.15) is 11.5 Å². The van der Waals surface area contributed by atoms with E-state index < -0.39 is 15.9 Å². The van der Waals surface area contributed by atoms with Crippen LogP contribution >= 0.6 is 0 Å². The molecule has 2 amide bonds. The fourth-order valence-corrected chi connectivity index (χ4v) is 6.22. The van der Waals surface area contributed by atoms with Gasteiger partial charge in [-0.1, -0.05) is 6.92 Å². The zero-order valence-electron chi connectivity index (χ0n) is 17.9.